The SMILES string of the molecule is Cc1ccncc1-c1cc2c(cc1F)-n1c(C)nnc1CC2. The van der Waals surface area contributed by atoms with Gasteiger partial charge in [0.2, 0.25) is 0 Å². The second-order valence-corrected chi connectivity index (χ2v) is 5.65. The van der Waals surface area contributed by atoms with Crippen LogP contribution in [0.15, 0.2) is 30.6 Å². The Kier molecular flexibility index (Phi) is 2.82. The fourth-order valence-corrected chi connectivity index (χ4v) is 3.10. The number of rotatable bonds is 1. The van der Waals surface area contributed by atoms with Crippen LogP contribution >= 0.6 is 0 Å². The Morgan fingerprint density at radius 1 is 1.09 bits per heavy atom. The number of halogens is 1. The van der Waals surface area contributed by atoms with E-state index in [1.807, 2.05) is 30.5 Å². The number of benzene rings is 1. The van der Waals surface area contributed by atoms with Crippen LogP contribution in [0.25, 0.3) is 16.8 Å². The molecule has 0 atom stereocenters. The third-order valence-electron chi connectivity index (χ3n) is 4.25. The standard InChI is InChI=1S/C17H15FN4/c1-10-5-6-19-9-14(10)13-7-12-3-4-17-21-20-11(2)22(17)16(12)8-15(13)18/h5-9H,3-4H2,1-2H3. The molecule has 0 aliphatic carbocycles. The molecule has 0 saturated carbocycles. The molecule has 0 amide bonds. The van der Waals surface area contributed by atoms with Crippen LogP contribution in [0.2, 0.25) is 0 Å². The van der Waals surface area contributed by atoms with Gasteiger partial charge < -0.3 is 0 Å². The molecular weight excluding hydrogens is 279 g/mol. The van der Waals surface area contributed by atoms with Crippen molar-refractivity contribution < 1.29 is 4.39 Å². The Hall–Kier alpha value is -2.56. The van der Waals surface area contributed by atoms with Crippen LogP contribution in [0.1, 0.15) is 22.8 Å². The second-order valence-electron chi connectivity index (χ2n) is 5.65. The van der Waals surface area contributed by atoms with E-state index in [2.05, 4.69) is 15.2 Å². The summed E-state index contributed by atoms with van der Waals surface area (Å²) in [5.74, 6) is 1.45. The summed E-state index contributed by atoms with van der Waals surface area (Å²) in [6.45, 7) is 3.86. The van der Waals surface area contributed by atoms with E-state index >= 15 is 0 Å². The van der Waals surface area contributed by atoms with Gasteiger partial charge in [0.05, 0.1) is 5.69 Å². The van der Waals surface area contributed by atoms with Gasteiger partial charge in [-0.25, -0.2) is 4.39 Å². The first-order chi connectivity index (χ1) is 10.6. The Morgan fingerprint density at radius 3 is 2.77 bits per heavy atom. The van der Waals surface area contributed by atoms with Gasteiger partial charge in [-0.2, -0.15) is 0 Å². The second kappa shape index (κ2) is 4.73. The third-order valence-corrected chi connectivity index (χ3v) is 4.25. The van der Waals surface area contributed by atoms with E-state index in [1.54, 1.807) is 18.5 Å². The molecule has 0 radical (unpaired) electrons. The Balaban J connectivity index is 1.94. The highest BCUT2D eigenvalue weighted by atomic mass is 19.1. The van der Waals surface area contributed by atoms with Crippen LogP contribution in [0.5, 0.6) is 0 Å². The molecule has 0 N–H and O–H groups in total. The summed E-state index contributed by atoms with van der Waals surface area (Å²) >= 11 is 0. The summed E-state index contributed by atoms with van der Waals surface area (Å²) in [6.07, 6.45) is 5.12. The van der Waals surface area contributed by atoms with Crippen molar-refractivity contribution >= 4 is 0 Å². The van der Waals surface area contributed by atoms with Gasteiger partial charge in [-0.3, -0.25) is 9.55 Å². The van der Waals surface area contributed by atoms with Crippen LogP contribution in [0.3, 0.4) is 0 Å². The van der Waals surface area contributed by atoms with Gasteiger partial charge in [0, 0.05) is 29.9 Å². The first kappa shape index (κ1) is 13.1. The van der Waals surface area contributed by atoms with Crippen molar-refractivity contribution in [3.05, 3.63) is 59.2 Å². The van der Waals surface area contributed by atoms with Gasteiger partial charge >= 0.3 is 0 Å². The molecule has 0 spiro atoms. The zero-order valence-corrected chi connectivity index (χ0v) is 12.5. The molecule has 2 aromatic heterocycles. The van der Waals surface area contributed by atoms with Crippen molar-refractivity contribution in [2.24, 2.45) is 0 Å². The van der Waals surface area contributed by atoms with Crippen LogP contribution in [0, 0.1) is 19.7 Å². The molecule has 4 rings (SSSR count). The first-order valence-corrected chi connectivity index (χ1v) is 7.30. The Labute approximate surface area is 127 Å². The zero-order chi connectivity index (χ0) is 15.3. The largest absolute Gasteiger partial charge is 0.283 e. The third kappa shape index (κ3) is 1.85. The monoisotopic (exact) mass is 294 g/mol. The van der Waals surface area contributed by atoms with E-state index < -0.39 is 0 Å². The van der Waals surface area contributed by atoms with E-state index in [0.717, 1.165) is 46.9 Å². The predicted molar refractivity (Wildman–Crippen MR) is 81.4 cm³/mol. The Bertz CT molecular complexity index is 882. The minimum atomic E-state index is -0.240. The molecule has 5 heteroatoms. The van der Waals surface area contributed by atoms with Crippen molar-refractivity contribution in [1.29, 1.82) is 0 Å². The van der Waals surface area contributed by atoms with Crippen molar-refractivity contribution in [1.82, 2.24) is 19.7 Å². The van der Waals surface area contributed by atoms with Gasteiger partial charge in [0.25, 0.3) is 0 Å². The molecule has 1 aromatic carbocycles. The quantitative estimate of drug-likeness (QED) is 0.692. The molecule has 0 bridgehead atoms. The van der Waals surface area contributed by atoms with Crippen molar-refractivity contribution in [2.75, 3.05) is 0 Å². The molecule has 110 valence electrons. The number of hydrogen-bond donors (Lipinski definition) is 0. The summed E-state index contributed by atoms with van der Waals surface area (Å²) < 4.78 is 16.6. The maximum absolute atomic E-state index is 14.7. The highest BCUT2D eigenvalue weighted by Gasteiger charge is 2.22. The normalized spacial score (nSPS) is 12.9. The molecule has 3 heterocycles. The molecule has 0 fully saturated rings. The van der Waals surface area contributed by atoms with E-state index in [0.29, 0.717) is 5.56 Å². The lowest BCUT2D eigenvalue weighted by Crippen LogP contribution is -2.14. The fourth-order valence-electron chi connectivity index (χ4n) is 3.10. The molecular formula is C17H15FN4. The topological polar surface area (TPSA) is 43.6 Å². The van der Waals surface area contributed by atoms with Crippen molar-refractivity contribution in [3.8, 4) is 16.8 Å². The van der Waals surface area contributed by atoms with Crippen LogP contribution in [-0.4, -0.2) is 19.7 Å². The average Bonchev–Trinajstić information content (AvgIpc) is 2.89. The highest BCUT2D eigenvalue weighted by molar-refractivity contribution is 5.70. The first-order valence-electron chi connectivity index (χ1n) is 7.30. The molecule has 4 nitrogen and oxygen atoms in total. The lowest BCUT2D eigenvalue weighted by molar-refractivity contribution is 0.625. The zero-order valence-electron chi connectivity index (χ0n) is 12.5. The van der Waals surface area contributed by atoms with E-state index in [1.165, 1.54) is 0 Å². The molecule has 3 aromatic rings. The van der Waals surface area contributed by atoms with Gasteiger partial charge in [-0.15, -0.1) is 10.2 Å². The Morgan fingerprint density at radius 2 is 1.95 bits per heavy atom. The molecule has 1 aliphatic rings. The maximum Gasteiger partial charge on any atom is 0.137 e. The smallest absolute Gasteiger partial charge is 0.137 e. The summed E-state index contributed by atoms with van der Waals surface area (Å²) in [7, 11) is 0. The lowest BCUT2D eigenvalue weighted by Gasteiger charge is -2.20. The molecule has 1 aliphatic heterocycles. The number of fused-ring (bicyclic) bond motifs is 3. The van der Waals surface area contributed by atoms with E-state index in [9.17, 15) is 4.39 Å². The fraction of sp³-hybridized carbons (Fsp3) is 0.235. The maximum atomic E-state index is 14.7. The van der Waals surface area contributed by atoms with Gasteiger partial charge in [-0.05, 0) is 49.6 Å². The highest BCUT2D eigenvalue weighted by Crippen LogP contribution is 2.33. The van der Waals surface area contributed by atoms with Crippen molar-refractivity contribution in [2.45, 2.75) is 26.7 Å². The summed E-state index contributed by atoms with van der Waals surface area (Å²) in [5.41, 5.74) is 4.44. The van der Waals surface area contributed by atoms with Gasteiger partial charge in [0.15, 0.2) is 0 Å². The van der Waals surface area contributed by atoms with E-state index in [4.69, 9.17) is 0 Å². The summed E-state index contributed by atoms with van der Waals surface area (Å²) in [4.78, 5) is 4.12. The number of aryl methyl sites for hydroxylation is 4. The minimum Gasteiger partial charge on any atom is -0.283 e. The van der Waals surface area contributed by atoms with E-state index in [-0.39, 0.29) is 5.82 Å². The predicted octanol–water partition coefficient (Wildman–Crippen LogP) is 3.18. The van der Waals surface area contributed by atoms with Crippen LogP contribution in [0.4, 0.5) is 4.39 Å². The molecule has 22 heavy (non-hydrogen) atoms. The number of nitrogens with zero attached hydrogens (tertiary/aromatic N) is 4. The minimum absolute atomic E-state index is 0.240. The van der Waals surface area contributed by atoms with Gasteiger partial charge in [0.1, 0.15) is 17.5 Å². The summed E-state index contributed by atoms with van der Waals surface area (Å²) in [5, 5.41) is 8.26. The number of aromatic nitrogens is 4. The number of hydrogen-bond acceptors (Lipinski definition) is 3. The molecule has 0 unspecified atom stereocenters. The van der Waals surface area contributed by atoms with Crippen molar-refractivity contribution in [3.63, 3.8) is 0 Å². The number of pyridine rings is 1. The van der Waals surface area contributed by atoms with Crippen LogP contribution < -0.4 is 0 Å². The average molecular weight is 294 g/mol. The molecule has 0 saturated heterocycles. The lowest BCUT2D eigenvalue weighted by atomic mass is 9.95. The van der Waals surface area contributed by atoms with Gasteiger partial charge in [-0.1, -0.05) is 0 Å². The summed E-state index contributed by atoms with van der Waals surface area (Å²) in [6, 6.07) is 5.43. The van der Waals surface area contributed by atoms with Crippen LogP contribution in [-0.2, 0) is 12.8 Å².